The number of rotatable bonds is 4. The fraction of sp³-hybridized carbons (Fsp3) is 0.550. The molecule has 0 bridgehead atoms. The lowest BCUT2D eigenvalue weighted by molar-refractivity contribution is 0.257. The number of aryl methyl sites for hydroxylation is 2. The SMILES string of the molecule is CN=S(=O)(/C=C/[C@H]1CCCN1)NC(=O)Nc1c2c(cc3c1CCC3)CCC2. The Morgan fingerprint density at radius 3 is 2.48 bits per heavy atom. The molecule has 3 aliphatic rings. The van der Waals surface area contributed by atoms with Crippen molar-refractivity contribution >= 4 is 21.6 Å². The van der Waals surface area contributed by atoms with Crippen molar-refractivity contribution < 1.29 is 9.00 Å². The van der Waals surface area contributed by atoms with E-state index in [1.165, 1.54) is 34.7 Å². The first-order valence-corrected chi connectivity index (χ1v) is 11.5. The molecule has 27 heavy (non-hydrogen) atoms. The van der Waals surface area contributed by atoms with E-state index in [4.69, 9.17) is 0 Å². The number of amides is 2. The second-order valence-electron chi connectivity index (χ2n) is 7.57. The maximum Gasteiger partial charge on any atom is 0.331 e. The first-order chi connectivity index (χ1) is 13.1. The average Bonchev–Trinajstić information content (AvgIpc) is 3.40. The Morgan fingerprint density at radius 2 is 1.89 bits per heavy atom. The lowest BCUT2D eigenvalue weighted by atomic mass is 9.99. The highest BCUT2D eigenvalue weighted by Crippen LogP contribution is 2.38. The molecule has 0 aromatic heterocycles. The summed E-state index contributed by atoms with van der Waals surface area (Å²) >= 11 is 0. The molecule has 1 unspecified atom stereocenters. The first kappa shape index (κ1) is 18.5. The third kappa shape index (κ3) is 3.89. The van der Waals surface area contributed by atoms with Crippen molar-refractivity contribution in [2.75, 3.05) is 18.9 Å². The van der Waals surface area contributed by atoms with Crippen LogP contribution in [0.25, 0.3) is 0 Å². The normalized spacial score (nSPS) is 23.1. The second-order valence-corrected chi connectivity index (χ2v) is 9.55. The van der Waals surface area contributed by atoms with Gasteiger partial charge in [0.05, 0.1) is 0 Å². The van der Waals surface area contributed by atoms with E-state index < -0.39 is 15.9 Å². The van der Waals surface area contributed by atoms with Gasteiger partial charge < -0.3 is 10.6 Å². The minimum Gasteiger partial charge on any atom is -0.310 e. The highest BCUT2D eigenvalue weighted by Gasteiger charge is 2.25. The first-order valence-electron chi connectivity index (χ1n) is 9.90. The van der Waals surface area contributed by atoms with Gasteiger partial charge in [-0.3, -0.25) is 0 Å². The van der Waals surface area contributed by atoms with E-state index in [0.717, 1.165) is 63.6 Å². The summed E-state index contributed by atoms with van der Waals surface area (Å²) in [6, 6.07) is 2.09. The monoisotopic (exact) mass is 388 g/mol. The summed E-state index contributed by atoms with van der Waals surface area (Å²) in [5.41, 5.74) is 6.19. The minimum atomic E-state index is -2.92. The van der Waals surface area contributed by atoms with Gasteiger partial charge in [0, 0.05) is 24.2 Å². The van der Waals surface area contributed by atoms with Gasteiger partial charge in [0.25, 0.3) is 0 Å². The Kier molecular flexibility index (Phi) is 5.23. The zero-order valence-electron chi connectivity index (χ0n) is 15.8. The fourth-order valence-corrected chi connectivity index (χ4v) is 5.46. The van der Waals surface area contributed by atoms with E-state index in [-0.39, 0.29) is 6.04 Å². The van der Waals surface area contributed by atoms with Crippen LogP contribution in [-0.4, -0.2) is 29.9 Å². The molecule has 2 atom stereocenters. The van der Waals surface area contributed by atoms with Crippen LogP contribution in [0, 0.1) is 0 Å². The number of hydrogen-bond donors (Lipinski definition) is 3. The molecule has 7 heteroatoms. The van der Waals surface area contributed by atoms with Crippen LogP contribution in [0.4, 0.5) is 10.5 Å². The lowest BCUT2D eigenvalue weighted by Gasteiger charge is -2.17. The number of carbonyl (C=O) groups is 1. The molecule has 1 heterocycles. The van der Waals surface area contributed by atoms with Crippen LogP contribution in [0.1, 0.15) is 47.9 Å². The zero-order valence-corrected chi connectivity index (χ0v) is 16.7. The zero-order chi connectivity index (χ0) is 18.9. The predicted molar refractivity (Wildman–Crippen MR) is 109 cm³/mol. The Hall–Kier alpha value is -1.86. The largest absolute Gasteiger partial charge is 0.331 e. The van der Waals surface area contributed by atoms with Crippen molar-refractivity contribution in [3.63, 3.8) is 0 Å². The van der Waals surface area contributed by atoms with E-state index >= 15 is 0 Å². The summed E-state index contributed by atoms with van der Waals surface area (Å²) in [7, 11) is -1.44. The fourth-order valence-electron chi connectivity index (χ4n) is 4.46. The molecule has 6 nitrogen and oxygen atoms in total. The van der Waals surface area contributed by atoms with Gasteiger partial charge in [0.15, 0.2) is 9.92 Å². The standard InChI is InChI=1S/C20H28N4O2S/c1-21-27(26,12-10-16-7-4-11-22-16)24-20(25)23-19-17-8-2-5-14(17)13-15-6-3-9-18(15)19/h10,12-13,16,22H,2-9,11H2,1H3,(H2,21,23,24,25,26)/b12-10+/t16-,27?/m1/s1. The van der Waals surface area contributed by atoms with Crippen molar-refractivity contribution in [2.45, 2.75) is 57.4 Å². The number of urea groups is 1. The molecule has 146 valence electrons. The predicted octanol–water partition coefficient (Wildman–Crippen LogP) is 3.06. The van der Waals surface area contributed by atoms with E-state index in [9.17, 15) is 9.00 Å². The molecule has 1 aromatic rings. The van der Waals surface area contributed by atoms with Crippen molar-refractivity contribution in [1.82, 2.24) is 10.0 Å². The molecule has 1 fully saturated rings. The number of hydrogen-bond acceptors (Lipinski definition) is 4. The molecule has 1 saturated heterocycles. The van der Waals surface area contributed by atoms with Crippen LogP contribution in [0.3, 0.4) is 0 Å². The van der Waals surface area contributed by atoms with Crippen LogP contribution >= 0.6 is 0 Å². The van der Waals surface area contributed by atoms with Crippen LogP contribution < -0.4 is 15.4 Å². The number of carbonyl (C=O) groups excluding carboxylic acids is 1. The Morgan fingerprint density at radius 1 is 1.19 bits per heavy atom. The molecule has 4 rings (SSSR count). The van der Waals surface area contributed by atoms with Crippen LogP contribution in [-0.2, 0) is 35.6 Å². The van der Waals surface area contributed by atoms with Gasteiger partial charge in [0.1, 0.15) is 0 Å². The topological polar surface area (TPSA) is 82.6 Å². The molecule has 0 radical (unpaired) electrons. The molecule has 1 aliphatic heterocycles. The van der Waals surface area contributed by atoms with Gasteiger partial charge in [-0.15, -0.1) is 0 Å². The van der Waals surface area contributed by atoms with Crippen LogP contribution in [0.15, 0.2) is 21.9 Å². The van der Waals surface area contributed by atoms with Gasteiger partial charge in [-0.2, -0.15) is 0 Å². The lowest BCUT2D eigenvalue weighted by Crippen LogP contribution is -2.34. The number of nitrogens with one attached hydrogen (secondary N) is 3. The summed E-state index contributed by atoms with van der Waals surface area (Å²) in [4.78, 5) is 12.7. The Bertz CT molecular complexity index is 861. The number of benzene rings is 1. The van der Waals surface area contributed by atoms with Crippen molar-refractivity contribution in [1.29, 1.82) is 0 Å². The summed E-state index contributed by atoms with van der Waals surface area (Å²) in [6.45, 7) is 0.970. The summed E-state index contributed by atoms with van der Waals surface area (Å²) < 4.78 is 19.5. The maximum absolute atomic E-state index is 12.9. The molecule has 2 amide bonds. The smallest absolute Gasteiger partial charge is 0.310 e. The molecule has 2 aliphatic carbocycles. The maximum atomic E-state index is 12.9. The third-order valence-corrected chi connectivity index (χ3v) is 7.36. The van der Waals surface area contributed by atoms with E-state index in [1.54, 1.807) is 0 Å². The summed E-state index contributed by atoms with van der Waals surface area (Å²) in [5, 5.41) is 7.88. The third-order valence-electron chi connectivity index (χ3n) is 5.82. The van der Waals surface area contributed by atoms with Crippen molar-refractivity contribution in [3.8, 4) is 0 Å². The van der Waals surface area contributed by atoms with Crippen LogP contribution in [0.2, 0.25) is 0 Å². The molecular weight excluding hydrogens is 360 g/mol. The van der Waals surface area contributed by atoms with Crippen LogP contribution in [0.5, 0.6) is 0 Å². The van der Waals surface area contributed by atoms with Gasteiger partial charge in [-0.1, -0.05) is 12.1 Å². The molecule has 3 N–H and O–H groups in total. The van der Waals surface area contributed by atoms with Gasteiger partial charge in [0.2, 0.25) is 0 Å². The summed E-state index contributed by atoms with van der Waals surface area (Å²) in [6.07, 6.45) is 10.4. The van der Waals surface area contributed by atoms with Gasteiger partial charge >= 0.3 is 6.03 Å². The summed E-state index contributed by atoms with van der Waals surface area (Å²) in [5.74, 6) is 0. The average molecular weight is 389 g/mol. The second kappa shape index (κ2) is 7.64. The molecule has 0 spiro atoms. The number of nitrogens with zero attached hydrogens (tertiary/aromatic N) is 1. The molecule has 0 saturated carbocycles. The number of fused-ring (bicyclic) bond motifs is 2. The van der Waals surface area contributed by atoms with Crippen molar-refractivity contribution in [2.24, 2.45) is 4.36 Å². The number of anilines is 1. The highest BCUT2D eigenvalue weighted by atomic mass is 32.2. The Labute approximate surface area is 161 Å². The molecule has 1 aromatic carbocycles. The van der Waals surface area contributed by atoms with E-state index in [0.29, 0.717) is 0 Å². The van der Waals surface area contributed by atoms with Gasteiger partial charge in [-0.25, -0.2) is 18.1 Å². The quantitative estimate of drug-likeness (QED) is 0.741. The van der Waals surface area contributed by atoms with Gasteiger partial charge in [-0.05, 0) is 80.2 Å². The highest BCUT2D eigenvalue weighted by molar-refractivity contribution is 7.95. The minimum absolute atomic E-state index is 0.207. The van der Waals surface area contributed by atoms with Crippen molar-refractivity contribution in [3.05, 3.63) is 39.8 Å². The Balaban J connectivity index is 1.52. The van der Waals surface area contributed by atoms with E-state index in [1.807, 2.05) is 6.08 Å². The van der Waals surface area contributed by atoms with E-state index in [2.05, 4.69) is 25.8 Å². The molecular formula is C20H28N4O2S.